The maximum absolute atomic E-state index is 2.71. The largest absolute Gasteiger partial charge is 0.293 e. The fourth-order valence-electron chi connectivity index (χ4n) is 3.74. The van der Waals surface area contributed by atoms with Gasteiger partial charge in [-0.15, -0.1) is 0 Å². The summed E-state index contributed by atoms with van der Waals surface area (Å²) in [4.78, 5) is 2.71. The van der Waals surface area contributed by atoms with Crippen LogP contribution in [0.4, 0.5) is 0 Å². The highest BCUT2D eigenvalue weighted by atomic mass is 15.2. The Morgan fingerprint density at radius 2 is 1.94 bits per heavy atom. The quantitative estimate of drug-likeness (QED) is 0.641. The molecule has 1 nitrogen and oxygen atoms in total. The van der Waals surface area contributed by atoms with E-state index in [0.29, 0.717) is 5.41 Å². The molecular formula is C15H21N. The molecule has 3 rings (SSSR count). The van der Waals surface area contributed by atoms with E-state index in [-0.39, 0.29) is 0 Å². The van der Waals surface area contributed by atoms with Crippen LogP contribution in [0.25, 0.3) is 0 Å². The molecule has 1 aromatic carbocycles. The van der Waals surface area contributed by atoms with Crippen LogP contribution in [-0.2, 0) is 12.0 Å². The van der Waals surface area contributed by atoms with Gasteiger partial charge in [0.25, 0.3) is 0 Å². The van der Waals surface area contributed by atoms with Gasteiger partial charge in [-0.05, 0) is 30.9 Å². The maximum atomic E-state index is 2.71. The van der Waals surface area contributed by atoms with Gasteiger partial charge >= 0.3 is 0 Å². The van der Waals surface area contributed by atoms with Crippen molar-refractivity contribution in [3.05, 3.63) is 35.4 Å². The molecule has 0 N–H and O–H groups in total. The molecule has 1 saturated heterocycles. The minimum atomic E-state index is 0.319. The third-order valence-electron chi connectivity index (χ3n) is 4.72. The van der Waals surface area contributed by atoms with Gasteiger partial charge in [0.15, 0.2) is 0 Å². The van der Waals surface area contributed by atoms with Crippen molar-refractivity contribution in [2.75, 3.05) is 0 Å². The second-order valence-corrected chi connectivity index (χ2v) is 5.99. The molecule has 1 heteroatoms. The Kier molecular flexibility index (Phi) is 2.16. The summed E-state index contributed by atoms with van der Waals surface area (Å²) in [6.45, 7) is 8.37. The highest BCUT2D eigenvalue weighted by Gasteiger charge is 2.45. The van der Waals surface area contributed by atoms with E-state index in [9.17, 15) is 0 Å². The van der Waals surface area contributed by atoms with Crippen molar-refractivity contribution in [2.45, 2.75) is 57.7 Å². The average molecular weight is 215 g/mol. The molecular weight excluding hydrogens is 194 g/mol. The zero-order valence-electron chi connectivity index (χ0n) is 10.5. The Balaban J connectivity index is 2.11. The molecule has 0 aliphatic carbocycles. The first-order valence-electron chi connectivity index (χ1n) is 6.45. The first-order chi connectivity index (χ1) is 7.60. The van der Waals surface area contributed by atoms with E-state index in [0.717, 1.165) is 18.6 Å². The molecule has 2 aliphatic rings. The van der Waals surface area contributed by atoms with Crippen molar-refractivity contribution in [1.82, 2.24) is 4.90 Å². The third kappa shape index (κ3) is 1.27. The van der Waals surface area contributed by atoms with Crippen LogP contribution in [0.1, 0.15) is 44.7 Å². The number of fused-ring (bicyclic) bond motifs is 2. The topological polar surface area (TPSA) is 3.24 Å². The molecule has 0 amide bonds. The second kappa shape index (κ2) is 3.33. The van der Waals surface area contributed by atoms with E-state index >= 15 is 0 Å². The smallest absolute Gasteiger partial charge is 0.0242 e. The van der Waals surface area contributed by atoms with E-state index in [1.807, 2.05) is 0 Å². The number of hydrogen-bond donors (Lipinski definition) is 0. The standard InChI is InChI=1S/C15H21N/c1-11-8-9-14-15(2,3)13-7-5-4-6-12(13)10-16(11)14/h4-7,11,14H,8-10H2,1-3H3/t11-,14-/m0/s1. The van der Waals surface area contributed by atoms with E-state index in [2.05, 4.69) is 49.9 Å². The lowest BCUT2D eigenvalue weighted by molar-refractivity contribution is 0.119. The van der Waals surface area contributed by atoms with Crippen molar-refractivity contribution in [2.24, 2.45) is 0 Å². The van der Waals surface area contributed by atoms with Gasteiger partial charge in [0.05, 0.1) is 0 Å². The van der Waals surface area contributed by atoms with Crippen LogP contribution in [0.15, 0.2) is 24.3 Å². The highest BCUT2D eigenvalue weighted by Crippen LogP contribution is 2.44. The van der Waals surface area contributed by atoms with E-state index in [1.54, 1.807) is 5.56 Å². The van der Waals surface area contributed by atoms with Crippen LogP contribution in [0.3, 0.4) is 0 Å². The fourth-order valence-corrected chi connectivity index (χ4v) is 3.74. The van der Waals surface area contributed by atoms with Crippen LogP contribution in [0, 0.1) is 0 Å². The third-order valence-corrected chi connectivity index (χ3v) is 4.72. The van der Waals surface area contributed by atoms with E-state index in [1.165, 1.54) is 18.4 Å². The average Bonchev–Trinajstić information content (AvgIpc) is 2.62. The van der Waals surface area contributed by atoms with Crippen molar-refractivity contribution in [3.63, 3.8) is 0 Å². The molecule has 0 radical (unpaired) electrons. The van der Waals surface area contributed by atoms with Crippen molar-refractivity contribution in [1.29, 1.82) is 0 Å². The van der Waals surface area contributed by atoms with E-state index < -0.39 is 0 Å². The number of nitrogens with zero attached hydrogens (tertiary/aromatic N) is 1. The SMILES string of the molecule is C[C@H]1CC[C@@H]2N1Cc1ccccc1C2(C)C. The lowest BCUT2D eigenvalue weighted by Gasteiger charge is -2.45. The highest BCUT2D eigenvalue weighted by molar-refractivity contribution is 5.38. The molecule has 0 bridgehead atoms. The lowest BCUT2D eigenvalue weighted by atomic mass is 9.72. The molecule has 2 atom stereocenters. The summed E-state index contributed by atoms with van der Waals surface area (Å²) in [5.41, 5.74) is 3.43. The Morgan fingerprint density at radius 3 is 2.75 bits per heavy atom. The van der Waals surface area contributed by atoms with Gasteiger partial charge < -0.3 is 0 Å². The van der Waals surface area contributed by atoms with Gasteiger partial charge in [0.1, 0.15) is 0 Å². The number of hydrogen-bond acceptors (Lipinski definition) is 1. The van der Waals surface area contributed by atoms with Gasteiger partial charge in [0.2, 0.25) is 0 Å². The number of benzene rings is 1. The lowest BCUT2D eigenvalue weighted by Crippen LogP contribution is -2.49. The predicted molar refractivity (Wildman–Crippen MR) is 67.5 cm³/mol. The van der Waals surface area contributed by atoms with Gasteiger partial charge in [-0.25, -0.2) is 0 Å². The molecule has 0 aromatic heterocycles. The van der Waals surface area contributed by atoms with Gasteiger partial charge in [-0.1, -0.05) is 38.1 Å². The molecule has 16 heavy (non-hydrogen) atoms. The molecule has 0 spiro atoms. The molecule has 0 unspecified atom stereocenters. The van der Waals surface area contributed by atoms with Crippen molar-refractivity contribution in [3.8, 4) is 0 Å². The maximum Gasteiger partial charge on any atom is 0.0242 e. The number of rotatable bonds is 0. The molecule has 86 valence electrons. The summed E-state index contributed by atoms with van der Waals surface area (Å²) < 4.78 is 0. The van der Waals surface area contributed by atoms with Gasteiger partial charge in [-0.2, -0.15) is 0 Å². The van der Waals surface area contributed by atoms with Crippen LogP contribution < -0.4 is 0 Å². The minimum absolute atomic E-state index is 0.319. The summed E-state index contributed by atoms with van der Waals surface area (Å²) in [6, 6.07) is 10.5. The zero-order valence-corrected chi connectivity index (χ0v) is 10.5. The molecule has 2 aliphatic heterocycles. The van der Waals surface area contributed by atoms with Crippen LogP contribution in [-0.4, -0.2) is 17.0 Å². The van der Waals surface area contributed by atoms with Crippen molar-refractivity contribution < 1.29 is 0 Å². The molecule has 0 saturated carbocycles. The Labute approximate surface area is 98.5 Å². The monoisotopic (exact) mass is 215 g/mol. The summed E-state index contributed by atoms with van der Waals surface area (Å²) in [5, 5.41) is 0. The first kappa shape index (κ1) is 10.3. The normalized spacial score (nSPS) is 32.2. The van der Waals surface area contributed by atoms with Crippen LogP contribution in [0.5, 0.6) is 0 Å². The Bertz CT molecular complexity index is 408. The first-order valence-corrected chi connectivity index (χ1v) is 6.45. The minimum Gasteiger partial charge on any atom is -0.293 e. The summed E-state index contributed by atoms with van der Waals surface area (Å²) in [7, 11) is 0. The second-order valence-electron chi connectivity index (χ2n) is 5.99. The summed E-state index contributed by atoms with van der Waals surface area (Å²) in [6.07, 6.45) is 2.73. The Hall–Kier alpha value is -0.820. The fraction of sp³-hybridized carbons (Fsp3) is 0.600. The van der Waals surface area contributed by atoms with Gasteiger partial charge in [0, 0.05) is 24.0 Å². The van der Waals surface area contributed by atoms with E-state index in [4.69, 9.17) is 0 Å². The summed E-state index contributed by atoms with van der Waals surface area (Å²) >= 11 is 0. The zero-order chi connectivity index (χ0) is 11.3. The van der Waals surface area contributed by atoms with Crippen LogP contribution in [0.2, 0.25) is 0 Å². The predicted octanol–water partition coefficient (Wildman–Crippen LogP) is 3.33. The Morgan fingerprint density at radius 1 is 1.19 bits per heavy atom. The van der Waals surface area contributed by atoms with Crippen LogP contribution >= 0.6 is 0 Å². The van der Waals surface area contributed by atoms with Crippen molar-refractivity contribution >= 4 is 0 Å². The summed E-state index contributed by atoms with van der Waals surface area (Å²) in [5.74, 6) is 0. The molecule has 2 heterocycles. The molecule has 1 aromatic rings. The van der Waals surface area contributed by atoms with Gasteiger partial charge in [-0.3, -0.25) is 4.90 Å². The molecule has 1 fully saturated rings.